The molecule has 0 N–H and O–H groups in total. The lowest BCUT2D eigenvalue weighted by atomic mass is 10.2. The molecule has 0 aliphatic carbocycles. The van der Waals surface area contributed by atoms with Gasteiger partial charge in [-0.25, -0.2) is 0 Å². The van der Waals surface area contributed by atoms with Crippen LogP contribution < -0.4 is 33.6 Å². The average molecular weight is 377 g/mol. The molecular formula is C14H11Cl2I. The van der Waals surface area contributed by atoms with Gasteiger partial charge in [-0.1, -0.05) is 60.1 Å². The summed E-state index contributed by atoms with van der Waals surface area (Å²) >= 11 is 6.11. The number of halogens is 3. The molecule has 0 saturated heterocycles. The molecular weight excluding hydrogens is 366 g/mol. The van der Waals surface area contributed by atoms with Crippen molar-refractivity contribution in [3.8, 4) is 0 Å². The second-order valence-electron chi connectivity index (χ2n) is 3.23. The summed E-state index contributed by atoms with van der Waals surface area (Å²) < 4.78 is 3.54. The van der Waals surface area contributed by atoms with Gasteiger partial charge in [-0.15, -0.1) is 0 Å². The predicted molar refractivity (Wildman–Crippen MR) is 65.4 cm³/mol. The van der Waals surface area contributed by atoms with Crippen LogP contribution in [0.25, 0.3) is 5.03 Å². The first kappa shape index (κ1) is 14.6. The zero-order valence-electron chi connectivity index (χ0n) is 8.98. The molecule has 2 aromatic carbocycles. The maximum Gasteiger partial charge on any atom is 0.351 e. The van der Waals surface area contributed by atoms with Gasteiger partial charge < -0.3 is 12.4 Å². The van der Waals surface area contributed by atoms with E-state index in [9.17, 15) is 0 Å². The predicted octanol–water partition coefficient (Wildman–Crippen LogP) is -1.81. The molecule has 0 nitrogen and oxygen atoms in total. The fraction of sp³-hybridized carbons (Fsp3) is 0. The third-order valence-electron chi connectivity index (χ3n) is 2.06. The second-order valence-corrected chi connectivity index (χ2v) is 6.13. The zero-order valence-corrected chi connectivity index (χ0v) is 12.7. The van der Waals surface area contributed by atoms with Crippen LogP contribution in [-0.2, 0) is 0 Å². The highest BCUT2D eigenvalue weighted by atomic mass is 127. The van der Waals surface area contributed by atoms with Crippen molar-refractivity contribution in [3.63, 3.8) is 0 Å². The van der Waals surface area contributed by atoms with E-state index in [1.807, 2.05) is 36.4 Å². The smallest absolute Gasteiger partial charge is 0.351 e. The molecule has 0 atom stereocenters. The maximum atomic E-state index is 6.24. The van der Waals surface area contributed by atoms with Gasteiger partial charge >= 0.3 is 21.2 Å². The first-order valence-electron chi connectivity index (χ1n) is 4.96. The highest BCUT2D eigenvalue weighted by molar-refractivity contribution is 6.48. The zero-order chi connectivity index (χ0) is 11.2. The molecule has 0 fully saturated rings. The number of rotatable bonds is 3. The van der Waals surface area contributed by atoms with E-state index in [0.29, 0.717) is 0 Å². The maximum absolute atomic E-state index is 6.24. The molecule has 0 aromatic heterocycles. The van der Waals surface area contributed by atoms with E-state index in [4.69, 9.17) is 11.6 Å². The lowest BCUT2D eigenvalue weighted by molar-refractivity contribution is -0.555. The Kier molecular flexibility index (Phi) is 6.63. The van der Waals surface area contributed by atoms with Crippen molar-refractivity contribution >= 4 is 16.6 Å². The minimum atomic E-state index is -0.133. The summed E-state index contributed by atoms with van der Waals surface area (Å²) in [4.78, 5) is 0. The van der Waals surface area contributed by atoms with E-state index >= 15 is 0 Å². The van der Waals surface area contributed by atoms with Crippen LogP contribution in [0.3, 0.4) is 0 Å². The largest absolute Gasteiger partial charge is 1.00 e. The van der Waals surface area contributed by atoms with Gasteiger partial charge in [0.05, 0.1) is 5.03 Å². The van der Waals surface area contributed by atoms with Crippen molar-refractivity contribution < 1.29 is 33.6 Å². The lowest BCUT2D eigenvalue weighted by Crippen LogP contribution is -3.59. The molecule has 17 heavy (non-hydrogen) atoms. The Morgan fingerprint density at radius 3 is 2.00 bits per heavy atom. The van der Waals surface area contributed by atoms with E-state index < -0.39 is 0 Å². The van der Waals surface area contributed by atoms with Crippen LogP contribution >= 0.6 is 11.6 Å². The molecule has 0 radical (unpaired) electrons. The third kappa shape index (κ3) is 4.70. The van der Waals surface area contributed by atoms with E-state index in [-0.39, 0.29) is 33.6 Å². The molecule has 2 aromatic rings. The van der Waals surface area contributed by atoms with Crippen molar-refractivity contribution in [2.45, 2.75) is 0 Å². The Labute approximate surface area is 123 Å². The van der Waals surface area contributed by atoms with Crippen molar-refractivity contribution in [1.29, 1.82) is 0 Å². The van der Waals surface area contributed by atoms with Crippen molar-refractivity contribution in [1.82, 2.24) is 0 Å². The molecule has 0 bridgehead atoms. The van der Waals surface area contributed by atoms with E-state index in [2.05, 4.69) is 28.3 Å². The van der Waals surface area contributed by atoms with Crippen LogP contribution in [0, 0.1) is 3.57 Å². The molecule has 3 heteroatoms. The highest BCUT2D eigenvalue weighted by Gasteiger charge is 2.09. The Morgan fingerprint density at radius 1 is 0.882 bits per heavy atom. The number of benzene rings is 2. The van der Waals surface area contributed by atoms with Crippen LogP contribution in [0.5, 0.6) is 0 Å². The van der Waals surface area contributed by atoms with Gasteiger partial charge in [-0.3, -0.25) is 0 Å². The molecule has 88 valence electrons. The molecule has 0 heterocycles. The van der Waals surface area contributed by atoms with Gasteiger partial charge in [0.2, 0.25) is 0 Å². The summed E-state index contributed by atoms with van der Waals surface area (Å²) in [6, 6.07) is 20.6. The van der Waals surface area contributed by atoms with Crippen LogP contribution in [-0.4, -0.2) is 0 Å². The van der Waals surface area contributed by atoms with Crippen molar-refractivity contribution in [3.05, 3.63) is 73.9 Å². The minimum Gasteiger partial charge on any atom is -1.00 e. The first-order valence-corrected chi connectivity index (χ1v) is 7.66. The van der Waals surface area contributed by atoms with Crippen LogP contribution in [0.1, 0.15) is 5.56 Å². The minimum absolute atomic E-state index is 0. The molecule has 0 aliphatic rings. The Hall–Kier alpha value is -0.510. The van der Waals surface area contributed by atoms with Gasteiger partial charge in [0.25, 0.3) is 0 Å². The van der Waals surface area contributed by atoms with Gasteiger partial charge in [0, 0.05) is 0 Å². The molecule has 0 aliphatic heterocycles. The second kappa shape index (κ2) is 7.75. The average Bonchev–Trinajstić information content (AvgIpc) is 2.38. The number of hydrogen-bond donors (Lipinski definition) is 0. The van der Waals surface area contributed by atoms with Crippen molar-refractivity contribution in [2.75, 3.05) is 0 Å². The quantitative estimate of drug-likeness (QED) is 0.554. The van der Waals surface area contributed by atoms with Crippen LogP contribution in [0.4, 0.5) is 0 Å². The fourth-order valence-corrected chi connectivity index (χ4v) is 3.48. The summed E-state index contributed by atoms with van der Waals surface area (Å²) in [5, 5.41) is 0.859. The summed E-state index contributed by atoms with van der Waals surface area (Å²) in [7, 11) is 0. The Bertz CT molecular complexity index is 466. The van der Waals surface area contributed by atoms with Crippen LogP contribution in [0.15, 0.2) is 64.7 Å². The lowest BCUT2D eigenvalue weighted by Gasteiger charge is -1.93. The van der Waals surface area contributed by atoms with Crippen LogP contribution in [0.2, 0.25) is 0 Å². The highest BCUT2D eigenvalue weighted by Crippen LogP contribution is 2.15. The van der Waals surface area contributed by atoms with Gasteiger partial charge in [-0.05, 0) is 17.7 Å². The monoisotopic (exact) mass is 376 g/mol. The molecule has 0 amide bonds. The number of hydrogen-bond acceptors (Lipinski definition) is 0. The van der Waals surface area contributed by atoms with Gasteiger partial charge in [-0.2, -0.15) is 0 Å². The fourth-order valence-electron chi connectivity index (χ4n) is 1.26. The summed E-state index contributed by atoms with van der Waals surface area (Å²) in [5.41, 5.74) is 1.10. The van der Waals surface area contributed by atoms with E-state index in [0.717, 1.165) is 10.6 Å². The summed E-state index contributed by atoms with van der Waals surface area (Å²) in [5.74, 6) is 0. The standard InChI is InChI=1S/C14H11ClI.ClH/c15-14(12-7-3-1-4-8-12)11-16-13-9-5-2-6-10-13;/h1-11H;1H/q+1;/p-1. The first-order chi connectivity index (χ1) is 7.86. The Balaban J connectivity index is 0.00000144. The van der Waals surface area contributed by atoms with Crippen molar-refractivity contribution in [2.24, 2.45) is 0 Å². The molecule has 2 rings (SSSR count). The summed E-state index contributed by atoms with van der Waals surface area (Å²) in [6.07, 6.45) is 0. The third-order valence-corrected chi connectivity index (χ3v) is 5.13. The molecule has 0 unspecified atom stereocenters. The molecule has 0 saturated carbocycles. The Morgan fingerprint density at radius 2 is 1.41 bits per heavy atom. The van der Waals surface area contributed by atoms with E-state index in [1.54, 1.807) is 0 Å². The SMILES string of the molecule is ClC(=C[I+]c1ccccc1)c1ccccc1.[Cl-]. The summed E-state index contributed by atoms with van der Waals surface area (Å²) in [6.45, 7) is 0. The normalized spacial score (nSPS) is 10.8. The molecule has 0 spiro atoms. The topological polar surface area (TPSA) is 0 Å². The van der Waals surface area contributed by atoms with E-state index in [1.165, 1.54) is 3.57 Å². The van der Waals surface area contributed by atoms with Gasteiger partial charge in [0.1, 0.15) is 0 Å². The van der Waals surface area contributed by atoms with Gasteiger partial charge in [0.15, 0.2) is 7.65 Å².